The van der Waals surface area contributed by atoms with Crippen molar-refractivity contribution >= 4 is 34.4 Å². The third-order valence-electron chi connectivity index (χ3n) is 5.14. The van der Waals surface area contributed by atoms with E-state index in [0.29, 0.717) is 22.2 Å². The average molecular weight is 405 g/mol. The first-order chi connectivity index (χ1) is 14.3. The van der Waals surface area contributed by atoms with Crippen molar-refractivity contribution in [3.8, 4) is 0 Å². The maximum atomic E-state index is 12.7. The molecule has 9 nitrogen and oxygen atoms in total. The van der Waals surface area contributed by atoms with E-state index in [-0.39, 0.29) is 12.1 Å². The predicted octanol–water partition coefficient (Wildman–Crippen LogP) is 1.40. The maximum absolute atomic E-state index is 12.7. The summed E-state index contributed by atoms with van der Waals surface area (Å²) in [4.78, 5) is 53.1. The Morgan fingerprint density at radius 2 is 1.93 bits per heavy atom. The average Bonchev–Trinajstić information content (AvgIpc) is 2.97. The monoisotopic (exact) mass is 405 g/mol. The molecule has 152 valence electrons. The van der Waals surface area contributed by atoms with Crippen LogP contribution in [0.2, 0.25) is 0 Å². The van der Waals surface area contributed by atoms with Crippen molar-refractivity contribution in [2.75, 3.05) is 5.32 Å². The van der Waals surface area contributed by atoms with Gasteiger partial charge in [-0.3, -0.25) is 24.3 Å². The minimum Gasteiger partial charge on any atom is -0.325 e. The van der Waals surface area contributed by atoms with Crippen molar-refractivity contribution in [2.45, 2.75) is 25.9 Å². The minimum absolute atomic E-state index is 0.214. The zero-order valence-corrected chi connectivity index (χ0v) is 16.4. The van der Waals surface area contributed by atoms with Crippen LogP contribution in [0.4, 0.5) is 10.5 Å². The Morgan fingerprint density at radius 3 is 2.67 bits per heavy atom. The lowest BCUT2D eigenvalue weighted by atomic mass is 9.92. The zero-order chi connectivity index (χ0) is 21.5. The second kappa shape index (κ2) is 7.11. The smallest absolute Gasteiger partial charge is 0.322 e. The molecule has 0 radical (unpaired) electrons. The molecule has 1 atom stereocenters. The molecular formula is C21H19N5O4. The molecular weight excluding hydrogens is 386 g/mol. The summed E-state index contributed by atoms with van der Waals surface area (Å²) in [6.07, 6.45) is 1.35. The van der Waals surface area contributed by atoms with Crippen molar-refractivity contribution in [1.82, 2.24) is 20.2 Å². The highest BCUT2D eigenvalue weighted by Gasteiger charge is 2.43. The van der Waals surface area contributed by atoms with Crippen LogP contribution >= 0.6 is 0 Å². The molecule has 4 amide bonds. The van der Waals surface area contributed by atoms with Gasteiger partial charge in [-0.05, 0) is 43.2 Å². The number of nitrogens with zero attached hydrogens (tertiary/aromatic N) is 2. The Balaban J connectivity index is 1.55. The van der Waals surface area contributed by atoms with Crippen LogP contribution in [0.3, 0.4) is 0 Å². The molecule has 0 saturated carbocycles. The summed E-state index contributed by atoms with van der Waals surface area (Å²) in [7, 11) is 0. The summed E-state index contributed by atoms with van der Waals surface area (Å²) >= 11 is 0. The van der Waals surface area contributed by atoms with Crippen LogP contribution in [0.25, 0.3) is 10.9 Å². The predicted molar refractivity (Wildman–Crippen MR) is 110 cm³/mol. The number of anilines is 1. The Morgan fingerprint density at radius 1 is 1.17 bits per heavy atom. The lowest BCUT2D eigenvalue weighted by Crippen LogP contribution is -2.40. The number of benzene rings is 2. The van der Waals surface area contributed by atoms with Gasteiger partial charge in [-0.2, -0.15) is 0 Å². The first-order valence-corrected chi connectivity index (χ1v) is 9.27. The largest absolute Gasteiger partial charge is 0.325 e. The number of aromatic nitrogens is 2. The molecule has 30 heavy (non-hydrogen) atoms. The molecule has 2 aromatic carbocycles. The fourth-order valence-electron chi connectivity index (χ4n) is 3.46. The topological polar surface area (TPSA) is 122 Å². The number of carbonyl (C=O) groups is 3. The van der Waals surface area contributed by atoms with Crippen LogP contribution in [0.5, 0.6) is 0 Å². The molecule has 0 spiro atoms. The van der Waals surface area contributed by atoms with Gasteiger partial charge in [0.15, 0.2) is 0 Å². The second-order valence-corrected chi connectivity index (χ2v) is 7.31. The first kappa shape index (κ1) is 19.3. The highest BCUT2D eigenvalue weighted by Crippen LogP contribution is 2.26. The summed E-state index contributed by atoms with van der Waals surface area (Å²) in [6, 6.07) is 11.4. The van der Waals surface area contributed by atoms with E-state index in [4.69, 9.17) is 0 Å². The summed E-state index contributed by atoms with van der Waals surface area (Å²) in [6.45, 7) is 3.23. The van der Waals surface area contributed by atoms with Gasteiger partial charge in [0.2, 0.25) is 5.91 Å². The van der Waals surface area contributed by atoms with Gasteiger partial charge in [0, 0.05) is 5.69 Å². The van der Waals surface area contributed by atoms with E-state index in [0.717, 1.165) is 5.56 Å². The lowest BCUT2D eigenvalue weighted by molar-refractivity contribution is -0.123. The van der Waals surface area contributed by atoms with Gasteiger partial charge in [0.25, 0.3) is 11.5 Å². The van der Waals surface area contributed by atoms with Gasteiger partial charge in [0.1, 0.15) is 12.1 Å². The number of rotatable bonds is 4. The number of carbonyl (C=O) groups excluding carboxylic acids is 3. The van der Waals surface area contributed by atoms with Crippen molar-refractivity contribution < 1.29 is 14.4 Å². The number of nitrogens with one attached hydrogen (secondary N) is 3. The minimum atomic E-state index is -1.23. The zero-order valence-electron chi connectivity index (χ0n) is 16.4. The first-order valence-electron chi connectivity index (χ1n) is 9.27. The number of imide groups is 1. The van der Waals surface area contributed by atoms with Gasteiger partial charge in [-0.1, -0.05) is 24.3 Å². The number of urea groups is 1. The SMILES string of the molecule is Cc1cccc2c(=O)n(CC(=O)Nc3cccc([C@@]4(C)NC(=O)NC4=O)c3)cnc12. The molecule has 0 unspecified atom stereocenters. The molecule has 0 bridgehead atoms. The van der Waals surface area contributed by atoms with E-state index in [9.17, 15) is 19.2 Å². The fraction of sp³-hybridized carbons (Fsp3) is 0.190. The Bertz CT molecular complexity index is 1270. The number of hydrogen-bond acceptors (Lipinski definition) is 5. The lowest BCUT2D eigenvalue weighted by Gasteiger charge is -2.21. The van der Waals surface area contributed by atoms with Gasteiger partial charge < -0.3 is 10.6 Å². The number of para-hydroxylation sites is 1. The number of hydrogen-bond donors (Lipinski definition) is 3. The van der Waals surface area contributed by atoms with E-state index in [1.165, 1.54) is 10.9 Å². The van der Waals surface area contributed by atoms with Gasteiger partial charge in [0.05, 0.1) is 17.2 Å². The summed E-state index contributed by atoms with van der Waals surface area (Å²) < 4.78 is 1.24. The molecule has 1 aliphatic heterocycles. The van der Waals surface area contributed by atoms with Crippen LogP contribution in [-0.4, -0.2) is 27.4 Å². The van der Waals surface area contributed by atoms with Crippen molar-refractivity contribution in [3.05, 3.63) is 70.3 Å². The van der Waals surface area contributed by atoms with Gasteiger partial charge in [-0.15, -0.1) is 0 Å². The summed E-state index contributed by atoms with van der Waals surface area (Å²) in [5.74, 6) is -0.895. The number of amides is 4. The molecule has 1 aromatic heterocycles. The van der Waals surface area contributed by atoms with Crippen LogP contribution in [0, 0.1) is 6.92 Å². The quantitative estimate of drug-likeness (QED) is 0.567. The number of fused-ring (bicyclic) bond motifs is 1. The van der Waals surface area contributed by atoms with Gasteiger partial charge in [-0.25, -0.2) is 9.78 Å². The maximum Gasteiger partial charge on any atom is 0.322 e. The molecule has 0 aliphatic carbocycles. The van der Waals surface area contributed by atoms with Crippen LogP contribution in [-0.2, 0) is 21.7 Å². The van der Waals surface area contributed by atoms with Crippen molar-refractivity contribution in [3.63, 3.8) is 0 Å². The van der Waals surface area contributed by atoms with E-state index in [1.807, 2.05) is 13.0 Å². The molecule has 4 rings (SSSR count). The third-order valence-corrected chi connectivity index (χ3v) is 5.14. The van der Waals surface area contributed by atoms with Crippen LogP contribution in [0.15, 0.2) is 53.6 Å². The highest BCUT2D eigenvalue weighted by atomic mass is 16.2. The normalized spacial score (nSPS) is 18.2. The third kappa shape index (κ3) is 3.30. The second-order valence-electron chi connectivity index (χ2n) is 7.31. The Kier molecular flexibility index (Phi) is 4.57. The van der Waals surface area contributed by atoms with E-state index >= 15 is 0 Å². The Hall–Kier alpha value is -4.01. The van der Waals surface area contributed by atoms with Crippen LogP contribution in [0.1, 0.15) is 18.1 Å². The Labute approximate surface area is 171 Å². The molecule has 1 fully saturated rings. The highest BCUT2D eigenvalue weighted by molar-refractivity contribution is 6.07. The number of aryl methyl sites for hydroxylation is 1. The van der Waals surface area contributed by atoms with E-state index < -0.39 is 23.4 Å². The molecule has 1 saturated heterocycles. The molecule has 3 aromatic rings. The summed E-state index contributed by atoms with van der Waals surface area (Å²) in [5.41, 5.74) is 0.917. The summed E-state index contributed by atoms with van der Waals surface area (Å²) in [5, 5.41) is 7.94. The molecule has 2 heterocycles. The standard InChI is InChI=1S/C21H19N5O4/c1-12-5-3-8-15-17(12)22-11-26(18(15)28)10-16(27)23-14-7-4-6-13(9-14)21(2)19(29)24-20(30)25-21/h3-9,11H,10H2,1-2H3,(H,23,27)(H2,24,25,29,30)/t21-/m1/s1. The van der Waals surface area contributed by atoms with Crippen LogP contribution < -0.4 is 21.5 Å². The van der Waals surface area contributed by atoms with E-state index in [2.05, 4.69) is 20.9 Å². The molecule has 1 aliphatic rings. The molecule has 3 N–H and O–H groups in total. The van der Waals surface area contributed by atoms with Crippen molar-refractivity contribution in [1.29, 1.82) is 0 Å². The van der Waals surface area contributed by atoms with Gasteiger partial charge >= 0.3 is 6.03 Å². The molecule has 9 heteroatoms. The fourth-order valence-corrected chi connectivity index (χ4v) is 3.46. The van der Waals surface area contributed by atoms with E-state index in [1.54, 1.807) is 43.3 Å². The van der Waals surface area contributed by atoms with Crippen molar-refractivity contribution in [2.24, 2.45) is 0 Å².